The number of nitrogens with one attached hydrogen (secondary N) is 1. The molecule has 7 heteroatoms. The summed E-state index contributed by atoms with van der Waals surface area (Å²) in [7, 11) is 0. The molecule has 1 aliphatic rings. The molecular formula is C16H22F2N2O2S. The molecule has 0 aromatic heterocycles. The van der Waals surface area contributed by atoms with Crippen LogP contribution in [-0.2, 0) is 4.79 Å². The first-order valence-corrected chi connectivity index (χ1v) is 8.57. The van der Waals surface area contributed by atoms with Crippen molar-refractivity contribution < 1.29 is 18.7 Å². The number of aliphatic hydroxyl groups excluding tert-OH is 1. The number of amides is 1. The van der Waals surface area contributed by atoms with E-state index >= 15 is 0 Å². The van der Waals surface area contributed by atoms with E-state index in [4.69, 9.17) is 0 Å². The van der Waals surface area contributed by atoms with Crippen molar-refractivity contribution in [2.75, 3.05) is 25.0 Å². The third-order valence-corrected chi connectivity index (χ3v) is 4.77. The minimum atomic E-state index is -2.44. The summed E-state index contributed by atoms with van der Waals surface area (Å²) < 4.78 is 24.5. The van der Waals surface area contributed by atoms with E-state index in [1.165, 1.54) is 0 Å². The lowest BCUT2D eigenvalue weighted by Gasteiger charge is -2.32. The molecular weight excluding hydrogens is 322 g/mol. The van der Waals surface area contributed by atoms with Crippen LogP contribution in [0.3, 0.4) is 0 Å². The Labute approximate surface area is 139 Å². The molecule has 23 heavy (non-hydrogen) atoms. The second kappa shape index (κ2) is 8.61. The van der Waals surface area contributed by atoms with Crippen molar-refractivity contribution in [2.24, 2.45) is 5.92 Å². The number of thioether (sulfide) groups is 1. The predicted octanol–water partition coefficient (Wildman–Crippen LogP) is 3.03. The molecule has 1 atom stereocenters. The monoisotopic (exact) mass is 344 g/mol. The number of likely N-dealkylation sites (tertiary alicyclic amines) is 1. The van der Waals surface area contributed by atoms with E-state index in [1.54, 1.807) is 24.3 Å². The van der Waals surface area contributed by atoms with Gasteiger partial charge >= 0.3 is 0 Å². The van der Waals surface area contributed by atoms with E-state index in [9.17, 15) is 18.7 Å². The lowest BCUT2D eigenvalue weighted by atomic mass is 9.92. The smallest absolute Gasteiger partial charge is 0.288 e. The van der Waals surface area contributed by atoms with Gasteiger partial charge in [-0.25, -0.2) is 0 Å². The Hall–Kier alpha value is -1.18. The fraction of sp³-hybridized carbons (Fsp3) is 0.562. The summed E-state index contributed by atoms with van der Waals surface area (Å²) >= 11 is 0.482. The first kappa shape index (κ1) is 18.2. The SMILES string of the molecule is CC(O)C1CCN(CC(=O)Nc2ccc(SC(F)F)cc2)CC1. The maximum absolute atomic E-state index is 12.2. The number of alkyl halides is 2. The molecule has 1 unspecified atom stereocenters. The molecule has 0 bridgehead atoms. The van der Waals surface area contributed by atoms with Gasteiger partial charge in [-0.1, -0.05) is 11.8 Å². The summed E-state index contributed by atoms with van der Waals surface area (Å²) in [6, 6.07) is 6.39. The van der Waals surface area contributed by atoms with E-state index in [0.29, 0.717) is 34.8 Å². The van der Waals surface area contributed by atoms with Gasteiger partial charge in [-0.15, -0.1) is 0 Å². The van der Waals surface area contributed by atoms with Crippen LogP contribution in [0.25, 0.3) is 0 Å². The first-order valence-electron chi connectivity index (χ1n) is 7.69. The highest BCUT2D eigenvalue weighted by Gasteiger charge is 2.23. The van der Waals surface area contributed by atoms with Crippen LogP contribution < -0.4 is 5.32 Å². The Bertz CT molecular complexity index is 503. The number of aliphatic hydroxyl groups is 1. The van der Waals surface area contributed by atoms with Gasteiger partial charge in [0.15, 0.2) is 0 Å². The van der Waals surface area contributed by atoms with Crippen molar-refractivity contribution in [3.05, 3.63) is 24.3 Å². The zero-order chi connectivity index (χ0) is 16.8. The van der Waals surface area contributed by atoms with Crippen molar-refractivity contribution in [1.29, 1.82) is 0 Å². The molecule has 2 rings (SSSR count). The Morgan fingerprint density at radius 2 is 1.96 bits per heavy atom. The molecule has 1 aromatic carbocycles. The van der Waals surface area contributed by atoms with Crippen molar-refractivity contribution in [3.8, 4) is 0 Å². The maximum atomic E-state index is 12.2. The van der Waals surface area contributed by atoms with Crippen LogP contribution in [0.4, 0.5) is 14.5 Å². The lowest BCUT2D eigenvalue weighted by Crippen LogP contribution is -2.41. The van der Waals surface area contributed by atoms with Gasteiger partial charge < -0.3 is 10.4 Å². The first-order chi connectivity index (χ1) is 10.9. The van der Waals surface area contributed by atoms with Crippen LogP contribution in [-0.4, -0.2) is 47.4 Å². The van der Waals surface area contributed by atoms with Crippen LogP contribution in [0.2, 0.25) is 0 Å². The Balaban J connectivity index is 1.77. The highest BCUT2D eigenvalue weighted by molar-refractivity contribution is 7.99. The van der Waals surface area contributed by atoms with E-state index < -0.39 is 5.76 Å². The van der Waals surface area contributed by atoms with Crippen LogP contribution in [0.15, 0.2) is 29.2 Å². The average molecular weight is 344 g/mol. The van der Waals surface area contributed by atoms with Crippen molar-refractivity contribution in [2.45, 2.75) is 36.5 Å². The fourth-order valence-corrected chi connectivity index (χ4v) is 3.22. The molecule has 0 aliphatic carbocycles. The highest BCUT2D eigenvalue weighted by Crippen LogP contribution is 2.26. The number of rotatable bonds is 6. The highest BCUT2D eigenvalue weighted by atomic mass is 32.2. The largest absolute Gasteiger partial charge is 0.393 e. The zero-order valence-electron chi connectivity index (χ0n) is 13.0. The van der Waals surface area contributed by atoms with Crippen molar-refractivity contribution >= 4 is 23.4 Å². The summed E-state index contributed by atoms with van der Waals surface area (Å²) in [6.45, 7) is 3.71. The molecule has 1 fully saturated rings. The summed E-state index contributed by atoms with van der Waals surface area (Å²) in [5.74, 6) is -2.25. The molecule has 0 saturated carbocycles. The van der Waals surface area contributed by atoms with Gasteiger partial charge in [0.1, 0.15) is 0 Å². The molecule has 1 saturated heterocycles. The average Bonchev–Trinajstić information content (AvgIpc) is 2.49. The second-order valence-electron chi connectivity index (χ2n) is 5.81. The van der Waals surface area contributed by atoms with Gasteiger partial charge in [0.2, 0.25) is 5.91 Å². The maximum Gasteiger partial charge on any atom is 0.288 e. The number of hydrogen-bond donors (Lipinski definition) is 2. The summed E-state index contributed by atoms with van der Waals surface area (Å²) in [5, 5.41) is 12.3. The molecule has 4 nitrogen and oxygen atoms in total. The third kappa shape index (κ3) is 6.08. The van der Waals surface area contributed by atoms with Gasteiger partial charge in [-0.05, 0) is 63.0 Å². The molecule has 0 spiro atoms. The molecule has 1 amide bonds. The van der Waals surface area contributed by atoms with Gasteiger partial charge in [-0.3, -0.25) is 9.69 Å². The number of benzene rings is 1. The minimum absolute atomic E-state index is 0.116. The van der Waals surface area contributed by atoms with Crippen LogP contribution >= 0.6 is 11.8 Å². The molecule has 1 heterocycles. The van der Waals surface area contributed by atoms with Crippen molar-refractivity contribution in [1.82, 2.24) is 4.90 Å². The number of halogens is 2. The normalized spacial score (nSPS) is 18.1. The van der Waals surface area contributed by atoms with Crippen molar-refractivity contribution in [3.63, 3.8) is 0 Å². The zero-order valence-corrected chi connectivity index (χ0v) is 13.9. The summed E-state index contributed by atoms with van der Waals surface area (Å²) in [4.78, 5) is 14.6. The van der Waals surface area contributed by atoms with Crippen LogP contribution in [0.1, 0.15) is 19.8 Å². The molecule has 1 aromatic rings. The van der Waals surface area contributed by atoms with Gasteiger partial charge in [0, 0.05) is 10.6 Å². The Kier molecular flexibility index (Phi) is 6.80. The number of hydrogen-bond acceptors (Lipinski definition) is 4. The Morgan fingerprint density at radius 3 is 2.48 bits per heavy atom. The molecule has 1 aliphatic heterocycles. The van der Waals surface area contributed by atoms with E-state index in [0.717, 1.165) is 25.9 Å². The number of piperidine rings is 1. The Morgan fingerprint density at radius 1 is 1.35 bits per heavy atom. The van der Waals surface area contributed by atoms with Crippen LogP contribution in [0.5, 0.6) is 0 Å². The van der Waals surface area contributed by atoms with E-state index in [-0.39, 0.29) is 12.0 Å². The van der Waals surface area contributed by atoms with Gasteiger partial charge in [0.05, 0.1) is 12.6 Å². The molecule has 2 N–H and O–H groups in total. The number of anilines is 1. The lowest BCUT2D eigenvalue weighted by molar-refractivity contribution is -0.117. The van der Waals surface area contributed by atoms with Crippen LogP contribution in [0, 0.1) is 5.92 Å². The van der Waals surface area contributed by atoms with E-state index in [2.05, 4.69) is 10.2 Å². The number of nitrogens with zero attached hydrogens (tertiary/aromatic N) is 1. The number of carbonyl (C=O) groups excluding carboxylic acids is 1. The quantitative estimate of drug-likeness (QED) is 0.779. The predicted molar refractivity (Wildman–Crippen MR) is 87.8 cm³/mol. The second-order valence-corrected chi connectivity index (χ2v) is 6.87. The number of carbonyl (C=O) groups is 1. The summed E-state index contributed by atoms with van der Waals surface area (Å²) in [6.07, 6.45) is 1.49. The topological polar surface area (TPSA) is 52.6 Å². The standard InChI is InChI=1S/C16H22F2N2O2S/c1-11(21)12-6-8-20(9-7-12)10-15(22)19-13-2-4-14(5-3-13)23-16(17)18/h2-5,11-12,16,21H,6-10H2,1H3,(H,19,22). The van der Waals surface area contributed by atoms with Gasteiger partial charge in [0.25, 0.3) is 5.76 Å². The fourth-order valence-electron chi connectivity index (χ4n) is 2.72. The van der Waals surface area contributed by atoms with Gasteiger partial charge in [-0.2, -0.15) is 8.78 Å². The minimum Gasteiger partial charge on any atom is -0.393 e. The van der Waals surface area contributed by atoms with E-state index in [1.807, 2.05) is 6.92 Å². The third-order valence-electron chi connectivity index (χ3n) is 4.04. The molecule has 128 valence electrons. The summed E-state index contributed by atoms with van der Waals surface area (Å²) in [5.41, 5.74) is 0.604. The molecule has 0 radical (unpaired) electrons.